The summed E-state index contributed by atoms with van der Waals surface area (Å²) in [6, 6.07) is 6.38. The molecule has 2 aromatic rings. The van der Waals surface area contributed by atoms with Crippen molar-refractivity contribution in [2.75, 3.05) is 17.5 Å². The lowest BCUT2D eigenvalue weighted by Gasteiger charge is -2.59. The van der Waals surface area contributed by atoms with Crippen molar-refractivity contribution < 1.29 is 34.7 Å². The van der Waals surface area contributed by atoms with Gasteiger partial charge in [-0.1, -0.05) is 19.4 Å². The van der Waals surface area contributed by atoms with Crippen molar-refractivity contribution in [3.63, 3.8) is 0 Å². The number of fused-ring (bicyclic) bond motifs is 5. The Morgan fingerprint density at radius 1 is 0.846 bits per heavy atom. The Kier molecular flexibility index (Phi) is 9.12. The van der Waals surface area contributed by atoms with Gasteiger partial charge < -0.3 is 10.2 Å². The van der Waals surface area contributed by atoms with Gasteiger partial charge in [-0.2, -0.15) is 10.2 Å². The zero-order chi connectivity index (χ0) is 37.7. The van der Waals surface area contributed by atoms with Crippen LogP contribution in [0.1, 0.15) is 58.8 Å². The fourth-order valence-electron chi connectivity index (χ4n) is 9.24. The third kappa shape index (κ3) is 5.84. The molecule has 2 aromatic carbocycles. The Hall–Kier alpha value is -5.69. The van der Waals surface area contributed by atoms with Gasteiger partial charge in [0.2, 0.25) is 0 Å². The minimum Gasteiger partial charge on any atom is -0.388 e. The van der Waals surface area contributed by atoms with E-state index in [0.29, 0.717) is 43.5 Å². The number of hydrogen-bond acceptors (Lipinski definition) is 15. The van der Waals surface area contributed by atoms with Crippen molar-refractivity contribution in [1.29, 1.82) is 0 Å². The number of allylic oxidation sites excluding steroid dienone is 2. The topological polar surface area (TPSA) is 279 Å². The lowest BCUT2D eigenvalue weighted by atomic mass is 9.45. The van der Waals surface area contributed by atoms with Gasteiger partial charge in [-0.25, -0.2) is 0 Å². The van der Waals surface area contributed by atoms with Gasteiger partial charge >= 0.3 is 11.4 Å². The lowest BCUT2D eigenvalue weighted by molar-refractivity contribution is -0.393. The van der Waals surface area contributed by atoms with Gasteiger partial charge in [0.1, 0.15) is 23.6 Å². The second kappa shape index (κ2) is 13.1. The molecule has 0 aliphatic heterocycles. The first-order chi connectivity index (χ1) is 24.5. The van der Waals surface area contributed by atoms with Gasteiger partial charge in [0, 0.05) is 29.2 Å². The summed E-state index contributed by atoms with van der Waals surface area (Å²) in [5, 5.41) is 76.8. The van der Waals surface area contributed by atoms with Crippen LogP contribution in [0.15, 0.2) is 58.3 Å². The first-order valence-electron chi connectivity index (χ1n) is 16.6. The lowest BCUT2D eigenvalue weighted by Crippen LogP contribution is -2.61. The summed E-state index contributed by atoms with van der Waals surface area (Å²) in [6.07, 6.45) is 5.00. The molecule has 0 spiro atoms. The van der Waals surface area contributed by atoms with Crippen LogP contribution in [0.2, 0.25) is 0 Å². The van der Waals surface area contributed by atoms with E-state index in [4.69, 9.17) is 5.10 Å². The molecule has 3 fully saturated rings. The summed E-state index contributed by atoms with van der Waals surface area (Å²) in [5.41, 5.74) is 2.22. The number of non-ortho nitro benzene ring substituents is 2. The zero-order valence-electron chi connectivity index (χ0n) is 28.2. The van der Waals surface area contributed by atoms with Gasteiger partial charge in [0.25, 0.3) is 11.4 Å². The van der Waals surface area contributed by atoms with Gasteiger partial charge in [-0.15, -0.1) is 0 Å². The number of carbonyl (C=O) groups is 1. The van der Waals surface area contributed by atoms with Crippen LogP contribution in [-0.4, -0.2) is 59.3 Å². The Labute approximate surface area is 295 Å². The fourth-order valence-corrected chi connectivity index (χ4v) is 9.24. The minimum atomic E-state index is -1.83. The Bertz CT molecular complexity index is 2000. The Morgan fingerprint density at radius 3 is 1.96 bits per heavy atom. The average Bonchev–Trinajstić information content (AvgIpc) is 3.39. The van der Waals surface area contributed by atoms with E-state index in [0.717, 1.165) is 29.8 Å². The largest absolute Gasteiger partial charge is 0.388 e. The number of rotatable bonds is 10. The molecule has 3 saturated carbocycles. The molecule has 4 aliphatic carbocycles. The number of aliphatic hydroxyl groups is 2. The molecule has 0 heterocycles. The van der Waals surface area contributed by atoms with E-state index in [1.54, 1.807) is 0 Å². The first-order valence-corrected chi connectivity index (χ1v) is 16.6. The molecule has 0 bridgehead atoms. The average molecular weight is 721 g/mol. The highest BCUT2D eigenvalue weighted by molar-refractivity contribution is 5.99. The van der Waals surface area contributed by atoms with E-state index in [-0.39, 0.29) is 42.0 Å². The summed E-state index contributed by atoms with van der Waals surface area (Å²) >= 11 is 0. The van der Waals surface area contributed by atoms with Crippen molar-refractivity contribution in [2.45, 2.75) is 64.4 Å². The van der Waals surface area contributed by atoms with Gasteiger partial charge in [0.15, 0.2) is 5.78 Å². The standard InChI is InChI=1S/C33H36N8O11/c1-31-11-9-19(34-35-24-7-4-20(38(45)46)14-27(24)40(49)50)13-18(31)3-6-22-23-10-12-33(44,29(43)17-42)32(23,2)16-26(30(22)31)37-36-25-8-5-21(39(47)48)15-28(25)41(51)52/h4-5,7-8,13-15,22-23,30,35-36,42,44H,3,6,9-12,16-17H2,1-2H3. The van der Waals surface area contributed by atoms with E-state index >= 15 is 0 Å². The Morgan fingerprint density at radius 2 is 1.42 bits per heavy atom. The molecular weight excluding hydrogens is 684 g/mol. The number of hydrogen-bond donors (Lipinski definition) is 4. The van der Waals surface area contributed by atoms with Crippen LogP contribution in [0.25, 0.3) is 0 Å². The van der Waals surface area contributed by atoms with Gasteiger partial charge in [-0.05, 0) is 80.4 Å². The SMILES string of the molecule is CC12CCC(=NNc3ccc([N+](=O)[O-])cc3[N+](=O)[O-])C=C1CCC1C2C(=NNc2ccc([N+](=O)[O-])cc2[N+](=O)[O-])CC2(C)C1CCC2(O)C(=O)CO. The second-order valence-corrected chi connectivity index (χ2v) is 14.3. The highest BCUT2D eigenvalue weighted by Gasteiger charge is 2.67. The molecule has 6 unspecified atom stereocenters. The monoisotopic (exact) mass is 720 g/mol. The van der Waals surface area contributed by atoms with Crippen LogP contribution in [-0.2, 0) is 4.79 Å². The minimum absolute atomic E-state index is 0.0166. The van der Waals surface area contributed by atoms with E-state index in [9.17, 15) is 55.5 Å². The third-order valence-electron chi connectivity index (χ3n) is 11.9. The fraction of sp³-hybridized carbons (Fsp3) is 0.485. The van der Waals surface area contributed by atoms with Crippen molar-refractivity contribution in [3.05, 3.63) is 88.5 Å². The predicted octanol–water partition coefficient (Wildman–Crippen LogP) is 5.42. The second-order valence-electron chi connectivity index (χ2n) is 14.3. The molecule has 52 heavy (non-hydrogen) atoms. The Balaban J connectivity index is 1.38. The summed E-state index contributed by atoms with van der Waals surface area (Å²) in [6.45, 7) is 3.07. The van der Waals surface area contributed by atoms with E-state index in [2.05, 4.69) is 22.9 Å². The van der Waals surface area contributed by atoms with Crippen LogP contribution < -0.4 is 10.9 Å². The first kappa shape index (κ1) is 36.1. The number of aliphatic hydroxyl groups excluding tert-OH is 1. The maximum absolute atomic E-state index is 13.1. The molecule has 6 atom stereocenters. The van der Waals surface area contributed by atoms with Gasteiger partial charge in [0.05, 0.1) is 37.5 Å². The zero-order valence-corrected chi connectivity index (χ0v) is 28.2. The van der Waals surface area contributed by atoms with Crippen molar-refractivity contribution in [1.82, 2.24) is 0 Å². The number of Topliss-reactive ketones (excluding diaryl/α,β-unsaturated/α-hetero) is 1. The number of carbonyl (C=O) groups excluding carboxylic acids is 1. The number of nitrogens with one attached hydrogen (secondary N) is 2. The number of nitro benzene ring substituents is 4. The molecule has 4 aliphatic rings. The smallest absolute Gasteiger partial charge is 0.301 e. The summed E-state index contributed by atoms with van der Waals surface area (Å²) in [7, 11) is 0. The molecule has 274 valence electrons. The van der Waals surface area contributed by atoms with E-state index in [1.165, 1.54) is 12.1 Å². The summed E-state index contributed by atoms with van der Waals surface area (Å²) < 4.78 is 0. The third-order valence-corrected chi connectivity index (χ3v) is 11.9. The molecule has 0 aromatic heterocycles. The maximum Gasteiger partial charge on any atom is 0.301 e. The number of ketones is 1. The number of nitrogens with zero attached hydrogens (tertiary/aromatic N) is 6. The van der Waals surface area contributed by atoms with Crippen LogP contribution in [0.5, 0.6) is 0 Å². The number of benzene rings is 2. The van der Waals surface area contributed by atoms with Crippen molar-refractivity contribution in [2.24, 2.45) is 38.8 Å². The maximum atomic E-state index is 13.1. The normalized spacial score (nSPS) is 30.8. The van der Waals surface area contributed by atoms with Crippen molar-refractivity contribution >= 4 is 51.3 Å². The molecular formula is C33H36N8O11. The molecule has 19 heteroatoms. The predicted molar refractivity (Wildman–Crippen MR) is 186 cm³/mol. The molecule has 6 rings (SSSR count). The quantitative estimate of drug-likeness (QED) is 0.176. The van der Waals surface area contributed by atoms with Gasteiger partial charge in [-0.3, -0.25) is 56.1 Å². The molecule has 19 nitrogen and oxygen atoms in total. The summed E-state index contributed by atoms with van der Waals surface area (Å²) in [4.78, 5) is 56.1. The van der Waals surface area contributed by atoms with Crippen LogP contribution in [0.3, 0.4) is 0 Å². The number of hydrazone groups is 2. The van der Waals surface area contributed by atoms with Crippen LogP contribution in [0.4, 0.5) is 34.1 Å². The highest BCUT2D eigenvalue weighted by atomic mass is 16.6. The number of anilines is 2. The highest BCUT2D eigenvalue weighted by Crippen LogP contribution is 2.67. The molecule has 4 N–H and O–H groups in total. The molecule has 0 amide bonds. The molecule has 0 saturated heterocycles. The van der Waals surface area contributed by atoms with Crippen LogP contribution >= 0.6 is 0 Å². The van der Waals surface area contributed by atoms with Crippen molar-refractivity contribution in [3.8, 4) is 0 Å². The number of nitro groups is 4. The van der Waals surface area contributed by atoms with Crippen LogP contribution in [0, 0.1) is 69.0 Å². The van der Waals surface area contributed by atoms with E-state index in [1.807, 2.05) is 13.0 Å². The van der Waals surface area contributed by atoms with E-state index < -0.39 is 71.3 Å². The molecule has 0 radical (unpaired) electrons. The summed E-state index contributed by atoms with van der Waals surface area (Å²) in [5.74, 6) is -1.14.